The van der Waals surface area contributed by atoms with Gasteiger partial charge in [-0.3, -0.25) is 9.78 Å². The van der Waals surface area contributed by atoms with Crippen molar-refractivity contribution in [1.82, 2.24) is 15.2 Å². The molecule has 8 heteroatoms. The average Bonchev–Trinajstić information content (AvgIpc) is 3.17. The highest BCUT2D eigenvalue weighted by molar-refractivity contribution is 5.85. The Morgan fingerprint density at radius 2 is 2.19 bits per heavy atom. The van der Waals surface area contributed by atoms with Crippen molar-refractivity contribution in [3.8, 4) is 6.07 Å². The van der Waals surface area contributed by atoms with E-state index >= 15 is 0 Å². The van der Waals surface area contributed by atoms with Crippen LogP contribution in [-0.2, 0) is 16.2 Å². The summed E-state index contributed by atoms with van der Waals surface area (Å²) in [5.41, 5.74) is 1.93. The third kappa shape index (κ3) is 6.19. The van der Waals surface area contributed by atoms with Crippen molar-refractivity contribution in [2.24, 2.45) is 5.16 Å². The van der Waals surface area contributed by atoms with Gasteiger partial charge in [0.15, 0.2) is 6.61 Å². The van der Waals surface area contributed by atoms with E-state index in [2.05, 4.69) is 21.5 Å². The van der Waals surface area contributed by atoms with Crippen molar-refractivity contribution in [3.05, 3.63) is 30.1 Å². The van der Waals surface area contributed by atoms with E-state index in [4.69, 9.17) is 10.1 Å². The Bertz CT molecular complexity index is 666. The van der Waals surface area contributed by atoms with E-state index in [1.165, 1.54) is 0 Å². The van der Waals surface area contributed by atoms with Gasteiger partial charge in [-0.2, -0.15) is 5.26 Å². The van der Waals surface area contributed by atoms with Gasteiger partial charge in [-0.25, -0.2) is 0 Å². The number of carbonyl (C=O) groups is 1. The van der Waals surface area contributed by atoms with Crippen LogP contribution in [0.3, 0.4) is 0 Å². The summed E-state index contributed by atoms with van der Waals surface area (Å²) in [6.45, 7) is 1.40. The van der Waals surface area contributed by atoms with Crippen molar-refractivity contribution in [1.29, 1.82) is 5.26 Å². The van der Waals surface area contributed by atoms with Crippen LogP contribution >= 0.6 is 12.4 Å². The lowest BCUT2D eigenvalue weighted by atomic mass is 9.94. The van der Waals surface area contributed by atoms with Crippen molar-refractivity contribution >= 4 is 24.0 Å². The zero-order chi connectivity index (χ0) is 18.2. The topological polar surface area (TPSA) is 90.6 Å². The fraction of sp³-hybridized carbons (Fsp3) is 0.579. The summed E-state index contributed by atoms with van der Waals surface area (Å²) in [5, 5.41) is 16.7. The van der Waals surface area contributed by atoms with Crippen molar-refractivity contribution in [3.63, 3.8) is 0 Å². The first-order valence-electron chi connectivity index (χ1n) is 9.26. The number of amides is 1. The molecule has 0 aromatic carbocycles. The number of hydrogen-bond acceptors (Lipinski definition) is 6. The molecule has 0 unspecified atom stereocenters. The van der Waals surface area contributed by atoms with Gasteiger partial charge < -0.3 is 15.1 Å². The van der Waals surface area contributed by atoms with Gasteiger partial charge in [0.2, 0.25) is 5.91 Å². The molecule has 0 radical (unpaired) electrons. The van der Waals surface area contributed by atoms with Gasteiger partial charge in [-0.1, -0.05) is 11.2 Å². The highest BCUT2D eigenvalue weighted by atomic mass is 35.5. The first-order valence-corrected chi connectivity index (χ1v) is 9.26. The molecular formula is C19H26ClN5O2. The van der Waals surface area contributed by atoms with E-state index in [1.807, 2.05) is 18.2 Å². The number of nitrogens with one attached hydrogen (secondary N) is 1. The Labute approximate surface area is 166 Å². The Kier molecular flexibility index (Phi) is 8.49. The predicted molar refractivity (Wildman–Crippen MR) is 104 cm³/mol. The third-order valence-corrected chi connectivity index (χ3v) is 4.96. The molecule has 0 spiro atoms. The SMILES string of the molecule is Cl.N#C[C@@H]1CCCN1C(=O)CNC1CCC(=NOCc2ccccn2)CC1. The summed E-state index contributed by atoms with van der Waals surface area (Å²) in [6.07, 6.45) is 7.10. The molecule has 27 heavy (non-hydrogen) atoms. The van der Waals surface area contributed by atoms with Crippen LogP contribution in [0.4, 0.5) is 0 Å². The fourth-order valence-electron chi connectivity index (χ4n) is 3.45. The standard InChI is InChI=1S/C19H25N5O2.ClH/c20-12-18-5-3-11-24(18)19(25)13-22-15-6-8-16(9-7-15)23-26-14-17-4-1-2-10-21-17;/h1-2,4,10,15,18,22H,3,5-9,11,13-14H2;1H/t15?,18-;/m0./s1. The quantitative estimate of drug-likeness (QED) is 0.752. The van der Waals surface area contributed by atoms with E-state index in [9.17, 15) is 4.79 Å². The molecule has 1 atom stereocenters. The molecule has 3 rings (SSSR count). The molecule has 146 valence electrons. The number of rotatable bonds is 6. The van der Waals surface area contributed by atoms with Crippen LogP contribution in [0.2, 0.25) is 0 Å². The first-order chi connectivity index (χ1) is 12.8. The number of nitriles is 1. The van der Waals surface area contributed by atoms with E-state index in [-0.39, 0.29) is 24.4 Å². The summed E-state index contributed by atoms with van der Waals surface area (Å²) >= 11 is 0. The number of pyridine rings is 1. The molecular weight excluding hydrogens is 366 g/mol. The van der Waals surface area contributed by atoms with E-state index in [0.29, 0.717) is 25.7 Å². The minimum atomic E-state index is -0.245. The number of oxime groups is 1. The average molecular weight is 392 g/mol. The molecule has 2 aliphatic rings. The van der Waals surface area contributed by atoms with Crippen molar-refractivity contribution in [2.45, 2.75) is 57.2 Å². The summed E-state index contributed by atoms with van der Waals surface area (Å²) in [5.74, 6) is 0.0345. The van der Waals surface area contributed by atoms with Crippen LogP contribution in [0, 0.1) is 11.3 Å². The molecule has 1 saturated carbocycles. The molecule has 2 heterocycles. The minimum absolute atomic E-state index is 0. The second-order valence-corrected chi connectivity index (χ2v) is 6.78. The lowest BCUT2D eigenvalue weighted by molar-refractivity contribution is -0.130. The van der Waals surface area contributed by atoms with Crippen LogP contribution in [0.5, 0.6) is 0 Å². The van der Waals surface area contributed by atoms with Crippen LogP contribution < -0.4 is 5.32 Å². The van der Waals surface area contributed by atoms with E-state index in [0.717, 1.165) is 49.9 Å². The molecule has 1 aliphatic heterocycles. The smallest absolute Gasteiger partial charge is 0.237 e. The second-order valence-electron chi connectivity index (χ2n) is 6.78. The Hall–Kier alpha value is -2.17. The Morgan fingerprint density at radius 3 is 2.89 bits per heavy atom. The van der Waals surface area contributed by atoms with Crippen LogP contribution in [0.15, 0.2) is 29.6 Å². The fourth-order valence-corrected chi connectivity index (χ4v) is 3.45. The number of nitrogens with zero attached hydrogens (tertiary/aromatic N) is 4. The molecule has 1 N–H and O–H groups in total. The van der Waals surface area contributed by atoms with Gasteiger partial charge in [-0.15, -0.1) is 12.4 Å². The van der Waals surface area contributed by atoms with Gasteiger partial charge in [-0.05, 0) is 50.7 Å². The maximum atomic E-state index is 12.3. The second kappa shape index (κ2) is 10.9. The number of likely N-dealkylation sites (tertiary alicyclic amines) is 1. The molecule has 2 fully saturated rings. The lowest BCUT2D eigenvalue weighted by Gasteiger charge is -2.25. The largest absolute Gasteiger partial charge is 0.389 e. The monoisotopic (exact) mass is 391 g/mol. The summed E-state index contributed by atoms with van der Waals surface area (Å²) < 4.78 is 0. The van der Waals surface area contributed by atoms with Crippen LogP contribution in [0.1, 0.15) is 44.2 Å². The van der Waals surface area contributed by atoms with Gasteiger partial charge in [0, 0.05) is 18.8 Å². The first kappa shape index (κ1) is 21.1. The predicted octanol–water partition coefficient (Wildman–Crippen LogP) is 2.42. The highest BCUT2D eigenvalue weighted by Crippen LogP contribution is 2.18. The summed E-state index contributed by atoms with van der Waals surface area (Å²) in [6, 6.07) is 8.00. The van der Waals surface area contributed by atoms with E-state index in [1.54, 1.807) is 11.1 Å². The molecule has 1 aromatic heterocycles. The van der Waals surface area contributed by atoms with Gasteiger partial charge in [0.05, 0.1) is 24.0 Å². The molecule has 1 amide bonds. The molecule has 7 nitrogen and oxygen atoms in total. The Morgan fingerprint density at radius 1 is 1.37 bits per heavy atom. The zero-order valence-electron chi connectivity index (χ0n) is 15.3. The molecule has 1 aliphatic carbocycles. The number of carbonyl (C=O) groups excluding carboxylic acids is 1. The van der Waals surface area contributed by atoms with Gasteiger partial charge >= 0.3 is 0 Å². The minimum Gasteiger partial charge on any atom is -0.389 e. The third-order valence-electron chi connectivity index (χ3n) is 4.96. The molecule has 0 bridgehead atoms. The van der Waals surface area contributed by atoms with Crippen molar-refractivity contribution < 1.29 is 9.63 Å². The maximum Gasteiger partial charge on any atom is 0.237 e. The number of hydrogen-bond donors (Lipinski definition) is 1. The maximum absolute atomic E-state index is 12.3. The normalized spacial score (nSPS) is 21.9. The van der Waals surface area contributed by atoms with Crippen LogP contribution in [0.25, 0.3) is 0 Å². The van der Waals surface area contributed by atoms with Crippen LogP contribution in [-0.4, -0.2) is 46.7 Å². The zero-order valence-corrected chi connectivity index (χ0v) is 16.2. The summed E-state index contributed by atoms with van der Waals surface area (Å²) in [7, 11) is 0. The van der Waals surface area contributed by atoms with E-state index < -0.39 is 0 Å². The lowest BCUT2D eigenvalue weighted by Crippen LogP contribution is -2.44. The van der Waals surface area contributed by atoms with Gasteiger partial charge in [0.1, 0.15) is 6.04 Å². The van der Waals surface area contributed by atoms with Crippen molar-refractivity contribution in [2.75, 3.05) is 13.1 Å². The Balaban J connectivity index is 0.00000261. The number of halogens is 1. The number of aromatic nitrogens is 1. The molecule has 1 aromatic rings. The summed E-state index contributed by atoms with van der Waals surface area (Å²) in [4.78, 5) is 23.6. The molecule has 1 saturated heterocycles. The highest BCUT2D eigenvalue weighted by Gasteiger charge is 2.28. The van der Waals surface area contributed by atoms with Gasteiger partial charge in [0.25, 0.3) is 0 Å².